The number of anilines is 2. The first-order valence-electron chi connectivity index (χ1n) is 3.85. The summed E-state index contributed by atoms with van der Waals surface area (Å²) in [5.41, 5.74) is 5.36. The highest BCUT2D eigenvalue weighted by molar-refractivity contribution is 5.97. The van der Waals surface area contributed by atoms with Crippen molar-refractivity contribution in [3.05, 3.63) is 24.4 Å². The lowest BCUT2D eigenvalue weighted by molar-refractivity contribution is -0.116. The Hall–Kier alpha value is -1.91. The first kappa shape index (κ1) is 7.72. The van der Waals surface area contributed by atoms with Crippen LogP contribution >= 0.6 is 0 Å². The summed E-state index contributed by atoms with van der Waals surface area (Å²) in [5.74, 6) is 0.853. The lowest BCUT2D eigenvalue weighted by atomic mass is 10.4. The molecule has 5 heteroatoms. The van der Waals surface area contributed by atoms with Crippen LogP contribution in [-0.4, -0.2) is 16.1 Å². The molecule has 1 aliphatic heterocycles. The van der Waals surface area contributed by atoms with Crippen LogP contribution in [0.4, 0.5) is 11.6 Å². The van der Waals surface area contributed by atoms with Gasteiger partial charge in [-0.3, -0.25) is 9.69 Å². The maximum atomic E-state index is 11.2. The zero-order chi connectivity index (χ0) is 9.26. The molecule has 1 aromatic rings. The Morgan fingerprint density at radius 1 is 1.38 bits per heavy atom. The molecule has 2 heterocycles. The second-order valence-electron chi connectivity index (χ2n) is 2.67. The molecule has 0 radical (unpaired) electrons. The molecule has 0 bridgehead atoms. The molecular weight excluding hydrogens is 168 g/mol. The van der Waals surface area contributed by atoms with Gasteiger partial charge in [0.15, 0.2) is 5.82 Å². The second kappa shape index (κ2) is 2.85. The molecule has 1 aromatic heterocycles. The van der Waals surface area contributed by atoms with E-state index in [1.165, 1.54) is 4.90 Å². The van der Waals surface area contributed by atoms with Crippen LogP contribution in [-0.2, 0) is 4.79 Å². The minimum absolute atomic E-state index is 0.000860. The number of hydrogen-bond donors (Lipinski definition) is 1. The van der Waals surface area contributed by atoms with Crippen molar-refractivity contribution in [3.8, 4) is 0 Å². The van der Waals surface area contributed by atoms with Gasteiger partial charge in [-0.25, -0.2) is 0 Å². The van der Waals surface area contributed by atoms with E-state index in [9.17, 15) is 4.79 Å². The van der Waals surface area contributed by atoms with Gasteiger partial charge in [0.2, 0.25) is 5.91 Å². The van der Waals surface area contributed by atoms with Crippen LogP contribution in [0.2, 0.25) is 0 Å². The fourth-order valence-corrected chi connectivity index (χ4v) is 1.11. The van der Waals surface area contributed by atoms with Crippen LogP contribution in [0.25, 0.3) is 0 Å². The van der Waals surface area contributed by atoms with Crippen molar-refractivity contribution in [2.75, 3.05) is 10.6 Å². The smallest absolute Gasteiger partial charge is 0.236 e. The molecule has 0 spiro atoms. The van der Waals surface area contributed by atoms with E-state index in [4.69, 9.17) is 5.73 Å². The van der Waals surface area contributed by atoms with E-state index in [0.29, 0.717) is 18.1 Å². The predicted molar refractivity (Wildman–Crippen MR) is 47.7 cm³/mol. The molecule has 2 rings (SSSR count). The molecule has 0 saturated heterocycles. The van der Waals surface area contributed by atoms with Gasteiger partial charge < -0.3 is 5.73 Å². The summed E-state index contributed by atoms with van der Waals surface area (Å²) in [5, 5.41) is 7.45. The summed E-state index contributed by atoms with van der Waals surface area (Å²) in [6.45, 7) is 0. The molecule has 66 valence electrons. The number of aromatic nitrogens is 2. The molecule has 0 atom stereocenters. The van der Waals surface area contributed by atoms with Crippen LogP contribution in [0.1, 0.15) is 6.42 Å². The van der Waals surface area contributed by atoms with Crippen molar-refractivity contribution in [2.45, 2.75) is 6.42 Å². The molecule has 0 aromatic carbocycles. The van der Waals surface area contributed by atoms with Crippen LogP contribution < -0.4 is 10.6 Å². The van der Waals surface area contributed by atoms with Crippen LogP contribution in [0.3, 0.4) is 0 Å². The predicted octanol–water partition coefficient (Wildman–Crippen LogP) is 0.309. The number of amides is 1. The maximum Gasteiger partial charge on any atom is 0.236 e. The van der Waals surface area contributed by atoms with Crippen molar-refractivity contribution in [3.63, 3.8) is 0 Å². The zero-order valence-corrected chi connectivity index (χ0v) is 6.84. The van der Waals surface area contributed by atoms with Gasteiger partial charge in [0, 0.05) is 12.6 Å². The average Bonchev–Trinajstić information content (AvgIpc) is 2.53. The van der Waals surface area contributed by atoms with Gasteiger partial charge >= 0.3 is 0 Å². The number of nitrogens with zero attached hydrogens (tertiary/aromatic N) is 3. The highest BCUT2D eigenvalue weighted by Crippen LogP contribution is 2.16. The lowest BCUT2D eigenvalue weighted by Gasteiger charge is -2.10. The molecule has 5 nitrogen and oxygen atoms in total. The third-order valence-electron chi connectivity index (χ3n) is 1.73. The van der Waals surface area contributed by atoms with Crippen molar-refractivity contribution >= 4 is 17.5 Å². The monoisotopic (exact) mass is 176 g/mol. The van der Waals surface area contributed by atoms with Gasteiger partial charge in [-0.05, 0) is 12.1 Å². The summed E-state index contributed by atoms with van der Waals surface area (Å²) >= 11 is 0. The molecule has 0 unspecified atom stereocenters. The topological polar surface area (TPSA) is 72.1 Å². The fraction of sp³-hybridized carbons (Fsp3) is 0.125. The Balaban J connectivity index is 2.30. The molecule has 13 heavy (non-hydrogen) atoms. The third kappa shape index (κ3) is 1.35. The molecule has 0 aliphatic carbocycles. The van der Waals surface area contributed by atoms with Gasteiger partial charge in [-0.1, -0.05) is 6.08 Å². The highest BCUT2D eigenvalue weighted by Gasteiger charge is 2.17. The summed E-state index contributed by atoms with van der Waals surface area (Å²) in [6, 6.07) is 3.28. The van der Waals surface area contributed by atoms with E-state index in [0.717, 1.165) is 0 Å². The van der Waals surface area contributed by atoms with Gasteiger partial charge in [-0.15, -0.1) is 10.2 Å². The molecular formula is C8H8N4O. The van der Waals surface area contributed by atoms with Crippen LogP contribution in [0, 0.1) is 0 Å². The second-order valence-corrected chi connectivity index (χ2v) is 2.67. The first-order valence-corrected chi connectivity index (χ1v) is 3.85. The normalized spacial score (nSPS) is 15.4. The van der Waals surface area contributed by atoms with Crippen LogP contribution in [0.5, 0.6) is 0 Å². The minimum Gasteiger partial charge on any atom is -0.382 e. The molecule has 2 N–H and O–H groups in total. The molecule has 1 amide bonds. The number of nitrogens with two attached hydrogens (primary N) is 1. The number of carbonyl (C=O) groups excluding carboxylic acids is 1. The Kier molecular flexibility index (Phi) is 1.70. The summed E-state index contributed by atoms with van der Waals surface area (Å²) in [7, 11) is 0. The van der Waals surface area contributed by atoms with Crippen molar-refractivity contribution < 1.29 is 4.79 Å². The summed E-state index contributed by atoms with van der Waals surface area (Å²) in [4.78, 5) is 12.7. The fourth-order valence-electron chi connectivity index (χ4n) is 1.11. The van der Waals surface area contributed by atoms with Crippen molar-refractivity contribution in [1.82, 2.24) is 10.2 Å². The quantitative estimate of drug-likeness (QED) is 0.668. The van der Waals surface area contributed by atoms with Crippen LogP contribution in [0.15, 0.2) is 24.4 Å². The Labute approximate surface area is 74.9 Å². The van der Waals surface area contributed by atoms with Crippen molar-refractivity contribution in [1.29, 1.82) is 0 Å². The van der Waals surface area contributed by atoms with Crippen molar-refractivity contribution in [2.24, 2.45) is 0 Å². The highest BCUT2D eigenvalue weighted by atomic mass is 16.2. The van der Waals surface area contributed by atoms with E-state index in [-0.39, 0.29) is 5.91 Å². The number of nitrogen functional groups attached to an aromatic ring is 1. The summed E-state index contributed by atoms with van der Waals surface area (Å²) in [6.07, 6.45) is 3.88. The van der Waals surface area contributed by atoms with Gasteiger partial charge in [0.25, 0.3) is 0 Å². The lowest BCUT2D eigenvalue weighted by Crippen LogP contribution is -2.21. The maximum absolute atomic E-state index is 11.2. The Bertz CT molecular complexity index is 357. The first-order chi connectivity index (χ1) is 6.27. The number of rotatable bonds is 1. The third-order valence-corrected chi connectivity index (χ3v) is 1.73. The average molecular weight is 176 g/mol. The van der Waals surface area contributed by atoms with Gasteiger partial charge in [0.05, 0.1) is 0 Å². The molecule has 0 saturated carbocycles. The standard InChI is InChI=1S/C8H8N4O/c9-6-3-4-7(11-10-6)12-5-1-2-8(12)13/h1,3-5H,2H2,(H2,9,10). The van der Waals surface area contributed by atoms with Gasteiger partial charge in [-0.2, -0.15) is 0 Å². The van der Waals surface area contributed by atoms with E-state index in [1.807, 2.05) is 0 Å². The molecule has 1 aliphatic rings. The van der Waals surface area contributed by atoms with E-state index >= 15 is 0 Å². The largest absolute Gasteiger partial charge is 0.382 e. The molecule has 0 fully saturated rings. The van der Waals surface area contributed by atoms with Gasteiger partial charge in [0.1, 0.15) is 5.82 Å². The Morgan fingerprint density at radius 3 is 2.77 bits per heavy atom. The number of hydrogen-bond acceptors (Lipinski definition) is 4. The SMILES string of the molecule is Nc1ccc(N2C=CCC2=O)nn1. The minimum atomic E-state index is -0.000860. The Morgan fingerprint density at radius 2 is 2.23 bits per heavy atom. The van der Waals surface area contributed by atoms with E-state index < -0.39 is 0 Å². The summed E-state index contributed by atoms with van der Waals surface area (Å²) < 4.78 is 0. The van der Waals surface area contributed by atoms with E-state index in [1.54, 1.807) is 24.4 Å². The van der Waals surface area contributed by atoms with E-state index in [2.05, 4.69) is 10.2 Å². The zero-order valence-electron chi connectivity index (χ0n) is 6.84. The number of carbonyl (C=O) groups is 1.